The van der Waals surface area contributed by atoms with E-state index in [0.717, 1.165) is 0 Å². The Bertz CT molecular complexity index is 347. The van der Waals surface area contributed by atoms with Gasteiger partial charge >= 0.3 is 0 Å². The highest BCUT2D eigenvalue weighted by molar-refractivity contribution is 7.85. The fourth-order valence-electron chi connectivity index (χ4n) is 0.537. The van der Waals surface area contributed by atoms with Gasteiger partial charge in [-0.1, -0.05) is 12.1 Å². The molecule has 0 saturated carbocycles. The van der Waals surface area contributed by atoms with Crippen LogP contribution < -0.4 is 5.34 Å². The van der Waals surface area contributed by atoms with Crippen LogP contribution in [-0.4, -0.2) is 13.0 Å². The Balaban J connectivity index is 0.000000424. The maximum absolute atomic E-state index is 10.4. The van der Waals surface area contributed by atoms with Gasteiger partial charge in [0.05, 0.1) is 4.90 Å². The Labute approximate surface area is 74.5 Å². The van der Waals surface area contributed by atoms with Crippen LogP contribution in [0.3, 0.4) is 0 Å². The van der Waals surface area contributed by atoms with Crippen LogP contribution in [0, 0.1) is 16.2 Å². The third kappa shape index (κ3) is 4.88. The molecule has 0 aliphatic heterocycles. The van der Waals surface area contributed by atoms with Gasteiger partial charge in [0.2, 0.25) is 0 Å². The SMILES string of the molecule is O=S(=O)(O)c1c[c]ccc1.O=[NH+][O-]. The van der Waals surface area contributed by atoms with E-state index in [2.05, 4.69) is 6.07 Å². The summed E-state index contributed by atoms with van der Waals surface area (Å²) in [7, 11) is -4.03. The Morgan fingerprint density at radius 3 is 2.31 bits per heavy atom. The smallest absolute Gasteiger partial charge is 0.282 e. The molecular weight excluding hydrogens is 198 g/mol. The summed E-state index contributed by atoms with van der Waals surface area (Å²) in [5, 5.41) is 8.38. The van der Waals surface area contributed by atoms with E-state index in [-0.39, 0.29) is 10.2 Å². The summed E-state index contributed by atoms with van der Waals surface area (Å²) in [6.45, 7) is 0. The van der Waals surface area contributed by atoms with E-state index in [1.165, 1.54) is 18.2 Å². The molecule has 0 aliphatic carbocycles. The molecule has 71 valence electrons. The average Bonchev–Trinajstić information content (AvgIpc) is 2.06. The summed E-state index contributed by atoms with van der Waals surface area (Å²) < 4.78 is 29.2. The summed E-state index contributed by atoms with van der Waals surface area (Å²) >= 11 is 0. The predicted molar refractivity (Wildman–Crippen MR) is 42.8 cm³/mol. The number of nitrogens with one attached hydrogen (secondary N) is 1. The minimum atomic E-state index is -4.03. The molecule has 1 radical (unpaired) electrons. The first-order chi connectivity index (χ1) is 6.02. The number of benzene rings is 1. The van der Waals surface area contributed by atoms with Crippen molar-refractivity contribution in [3.8, 4) is 0 Å². The van der Waals surface area contributed by atoms with Gasteiger partial charge in [0.1, 0.15) is 0 Å². The van der Waals surface area contributed by atoms with E-state index < -0.39 is 10.1 Å². The Hall–Kier alpha value is -1.47. The molecule has 0 aliphatic rings. The molecule has 0 saturated heterocycles. The van der Waals surface area contributed by atoms with Crippen molar-refractivity contribution in [3.63, 3.8) is 0 Å². The van der Waals surface area contributed by atoms with Crippen LogP contribution >= 0.6 is 0 Å². The van der Waals surface area contributed by atoms with Crippen molar-refractivity contribution in [3.05, 3.63) is 40.4 Å². The molecule has 13 heavy (non-hydrogen) atoms. The van der Waals surface area contributed by atoms with E-state index in [4.69, 9.17) is 14.7 Å². The maximum atomic E-state index is 10.4. The topological polar surface area (TPSA) is 108 Å². The molecule has 1 aromatic carbocycles. The van der Waals surface area contributed by atoms with Gasteiger partial charge in [0.25, 0.3) is 10.1 Å². The summed E-state index contributed by atoms with van der Waals surface area (Å²) in [6, 6.07) is 8.07. The Morgan fingerprint density at radius 2 is 2.08 bits per heavy atom. The molecule has 7 heteroatoms. The van der Waals surface area contributed by atoms with Gasteiger partial charge in [-0.3, -0.25) is 14.7 Å². The van der Waals surface area contributed by atoms with Gasteiger partial charge in [-0.2, -0.15) is 8.42 Å². The summed E-state index contributed by atoms with van der Waals surface area (Å²) in [5.74, 6) is 0. The van der Waals surface area contributed by atoms with E-state index in [1.807, 2.05) is 0 Å². The van der Waals surface area contributed by atoms with Crippen molar-refractivity contribution in [2.75, 3.05) is 0 Å². The van der Waals surface area contributed by atoms with Crippen LogP contribution in [0.15, 0.2) is 29.2 Å². The maximum Gasteiger partial charge on any atom is 0.294 e. The van der Waals surface area contributed by atoms with Gasteiger partial charge in [-0.25, -0.2) is 0 Å². The molecule has 0 spiro atoms. The summed E-state index contributed by atoms with van der Waals surface area (Å²) in [5.41, 5.74) is 0. The normalized spacial score (nSPS) is 9.62. The summed E-state index contributed by atoms with van der Waals surface area (Å²) in [4.78, 5) is 8.00. The molecule has 0 heterocycles. The quantitative estimate of drug-likeness (QED) is 0.349. The number of hydrogen-bond donors (Lipinski definition) is 2. The molecule has 0 fully saturated rings. The second kappa shape index (κ2) is 5.22. The van der Waals surface area contributed by atoms with Gasteiger partial charge in [-0.15, -0.1) is 0 Å². The third-order valence-corrected chi connectivity index (χ3v) is 1.83. The van der Waals surface area contributed by atoms with Crippen molar-refractivity contribution in [1.82, 2.24) is 0 Å². The van der Waals surface area contributed by atoms with Crippen molar-refractivity contribution >= 4 is 10.1 Å². The molecule has 0 amide bonds. The lowest BCUT2D eigenvalue weighted by Gasteiger charge is -1.91. The molecule has 0 unspecified atom stereocenters. The molecule has 1 rings (SSSR count). The standard InChI is InChI=1S/C6H5O3S.HNO2/c7-10(8,9)6-4-2-1-3-5-6;2-1-3/h1-2,4-5H,(H,7,8,9);1H. The second-order valence-electron chi connectivity index (χ2n) is 1.80. The van der Waals surface area contributed by atoms with Crippen LogP contribution in [0.1, 0.15) is 0 Å². The lowest BCUT2D eigenvalue weighted by molar-refractivity contribution is -0.398. The highest BCUT2D eigenvalue weighted by Crippen LogP contribution is 2.04. The highest BCUT2D eigenvalue weighted by Gasteiger charge is 2.05. The van der Waals surface area contributed by atoms with Crippen LogP contribution in [0.25, 0.3) is 0 Å². The van der Waals surface area contributed by atoms with Gasteiger partial charge in [0.15, 0.2) is 0 Å². The van der Waals surface area contributed by atoms with Crippen molar-refractivity contribution in [1.29, 1.82) is 0 Å². The lowest BCUT2D eigenvalue weighted by atomic mass is 10.4. The lowest BCUT2D eigenvalue weighted by Crippen LogP contribution is -2.53. The fourth-order valence-corrected chi connectivity index (χ4v) is 1.00. The van der Waals surface area contributed by atoms with Crippen LogP contribution in [-0.2, 0) is 10.1 Å². The minimum Gasteiger partial charge on any atom is -0.282 e. The van der Waals surface area contributed by atoms with Gasteiger partial charge < -0.3 is 0 Å². The molecule has 6 nitrogen and oxygen atoms in total. The largest absolute Gasteiger partial charge is 0.294 e. The van der Waals surface area contributed by atoms with Gasteiger partial charge in [-0.05, 0) is 18.2 Å². The molecule has 0 aromatic heterocycles. The minimum absolute atomic E-state index is 0.130. The highest BCUT2D eigenvalue weighted by atomic mass is 32.2. The molecule has 0 atom stereocenters. The monoisotopic (exact) mass is 204 g/mol. The van der Waals surface area contributed by atoms with Crippen molar-refractivity contribution < 1.29 is 18.3 Å². The van der Waals surface area contributed by atoms with E-state index in [0.29, 0.717) is 0 Å². The average molecular weight is 204 g/mol. The fraction of sp³-hybridized carbons (Fsp3) is 0. The van der Waals surface area contributed by atoms with E-state index in [1.54, 1.807) is 6.07 Å². The van der Waals surface area contributed by atoms with E-state index in [9.17, 15) is 8.42 Å². The molecule has 2 N–H and O–H groups in total. The zero-order chi connectivity index (χ0) is 10.3. The molecule has 1 aromatic rings. The first-order valence-corrected chi connectivity index (χ1v) is 4.39. The van der Waals surface area contributed by atoms with Crippen LogP contribution in [0.5, 0.6) is 0 Å². The predicted octanol–water partition coefficient (Wildman–Crippen LogP) is -0.935. The Morgan fingerprint density at radius 1 is 1.54 bits per heavy atom. The number of rotatable bonds is 1. The van der Waals surface area contributed by atoms with E-state index >= 15 is 0 Å². The van der Waals surface area contributed by atoms with Gasteiger partial charge in [0, 0.05) is 5.34 Å². The number of hydrogen-bond acceptors (Lipinski definition) is 4. The molecular formula is C6H6NO5S. The van der Waals surface area contributed by atoms with Crippen LogP contribution in [0.4, 0.5) is 0 Å². The third-order valence-electron chi connectivity index (χ3n) is 0.976. The van der Waals surface area contributed by atoms with Crippen LogP contribution in [0.2, 0.25) is 0 Å². The first kappa shape index (κ1) is 11.5. The first-order valence-electron chi connectivity index (χ1n) is 2.95. The summed E-state index contributed by atoms with van der Waals surface area (Å²) in [6.07, 6.45) is 0. The van der Waals surface area contributed by atoms with Crippen molar-refractivity contribution in [2.24, 2.45) is 0 Å². The zero-order valence-corrected chi connectivity index (χ0v) is 7.11. The Kier molecular flexibility index (Phi) is 4.63. The zero-order valence-electron chi connectivity index (χ0n) is 6.30. The van der Waals surface area contributed by atoms with Crippen molar-refractivity contribution in [2.45, 2.75) is 4.90 Å². The second-order valence-corrected chi connectivity index (χ2v) is 3.22. The molecule has 0 bridgehead atoms.